The number of carbonyl (C=O) groups excluding carboxylic acids is 1. The van der Waals surface area contributed by atoms with Crippen LogP contribution >= 0.6 is 11.6 Å². The molecule has 0 spiro atoms. The topological polar surface area (TPSA) is 53.6 Å². The van der Waals surface area contributed by atoms with Gasteiger partial charge in [0.25, 0.3) is 0 Å². The average Bonchev–Trinajstić information content (AvgIpc) is 2.95. The molecule has 2 N–H and O–H groups in total. The number of amides is 2. The second-order valence-corrected chi connectivity index (χ2v) is 6.02. The zero-order chi connectivity index (χ0) is 14.7. The summed E-state index contributed by atoms with van der Waals surface area (Å²) in [5.41, 5.74) is 0.723. The van der Waals surface area contributed by atoms with Gasteiger partial charge >= 0.3 is 6.03 Å². The number of ether oxygens (including phenoxy) is 1. The van der Waals surface area contributed by atoms with Crippen molar-refractivity contribution >= 4 is 23.3 Å². The summed E-state index contributed by atoms with van der Waals surface area (Å²) in [6.45, 7) is 3.38. The van der Waals surface area contributed by atoms with Gasteiger partial charge < -0.3 is 15.4 Å². The molecule has 2 atom stereocenters. The van der Waals surface area contributed by atoms with E-state index in [-0.39, 0.29) is 12.1 Å². The maximum absolute atomic E-state index is 11.8. The van der Waals surface area contributed by atoms with Crippen molar-refractivity contribution in [2.45, 2.75) is 25.0 Å². The fourth-order valence-corrected chi connectivity index (χ4v) is 3.05. The number of benzene rings is 1. The molecule has 0 radical (unpaired) electrons. The van der Waals surface area contributed by atoms with E-state index in [0.717, 1.165) is 25.4 Å². The van der Waals surface area contributed by atoms with E-state index >= 15 is 0 Å². The first-order chi connectivity index (χ1) is 10.2. The van der Waals surface area contributed by atoms with Crippen LogP contribution in [-0.2, 0) is 4.74 Å². The first-order valence-corrected chi connectivity index (χ1v) is 7.74. The Morgan fingerprint density at radius 2 is 2.19 bits per heavy atom. The molecule has 21 heavy (non-hydrogen) atoms. The fraction of sp³-hybridized carbons (Fsp3) is 0.533. The minimum Gasteiger partial charge on any atom is -0.373 e. The smallest absolute Gasteiger partial charge is 0.319 e. The van der Waals surface area contributed by atoms with Gasteiger partial charge in [0.15, 0.2) is 0 Å². The van der Waals surface area contributed by atoms with Gasteiger partial charge in [0, 0.05) is 29.8 Å². The Hall–Kier alpha value is -1.30. The molecule has 6 heteroatoms. The Balaban J connectivity index is 1.42. The molecule has 2 amide bonds. The Kier molecular flexibility index (Phi) is 4.63. The molecular formula is C15H20ClN3O2. The first-order valence-electron chi connectivity index (χ1n) is 7.37. The van der Waals surface area contributed by atoms with E-state index < -0.39 is 0 Å². The lowest BCUT2D eigenvalue weighted by Crippen LogP contribution is -2.50. The summed E-state index contributed by atoms with van der Waals surface area (Å²) < 4.78 is 5.81. The summed E-state index contributed by atoms with van der Waals surface area (Å²) in [5, 5.41) is 6.29. The number of fused-ring (bicyclic) bond motifs is 1. The van der Waals surface area contributed by atoms with Gasteiger partial charge in [-0.3, -0.25) is 4.90 Å². The van der Waals surface area contributed by atoms with E-state index in [4.69, 9.17) is 16.3 Å². The SMILES string of the molecule is O=C(NC[C@@H]1CN2CCC[C@H]2CO1)Nc1ccc(Cl)cc1. The maximum Gasteiger partial charge on any atom is 0.319 e. The van der Waals surface area contributed by atoms with Crippen molar-refractivity contribution in [3.63, 3.8) is 0 Å². The van der Waals surface area contributed by atoms with Crippen LogP contribution in [0, 0.1) is 0 Å². The van der Waals surface area contributed by atoms with Gasteiger partial charge in [-0.1, -0.05) is 11.6 Å². The van der Waals surface area contributed by atoms with Crippen molar-refractivity contribution in [2.24, 2.45) is 0 Å². The van der Waals surface area contributed by atoms with E-state index in [1.165, 1.54) is 12.8 Å². The van der Waals surface area contributed by atoms with Gasteiger partial charge in [-0.2, -0.15) is 0 Å². The van der Waals surface area contributed by atoms with Crippen molar-refractivity contribution in [3.8, 4) is 0 Å². The molecule has 2 saturated heterocycles. The largest absolute Gasteiger partial charge is 0.373 e. The molecule has 3 rings (SSSR count). The zero-order valence-corrected chi connectivity index (χ0v) is 12.6. The molecule has 0 aromatic heterocycles. The minimum absolute atomic E-state index is 0.0790. The second-order valence-electron chi connectivity index (χ2n) is 5.59. The quantitative estimate of drug-likeness (QED) is 0.901. The first kappa shape index (κ1) is 14.6. The molecule has 1 aromatic rings. The predicted octanol–water partition coefficient (Wildman–Crippen LogP) is 2.32. The standard InChI is InChI=1S/C15H20ClN3O2/c16-11-3-5-12(6-4-11)18-15(20)17-8-14-9-19-7-1-2-13(19)10-21-14/h3-6,13-14H,1-2,7-10H2,(H2,17,18,20)/t13-,14+/m0/s1. The lowest BCUT2D eigenvalue weighted by atomic mass is 10.2. The van der Waals surface area contributed by atoms with Crippen molar-refractivity contribution in [3.05, 3.63) is 29.3 Å². The minimum atomic E-state index is -0.218. The molecule has 0 aliphatic carbocycles. The Morgan fingerprint density at radius 1 is 1.38 bits per heavy atom. The predicted molar refractivity (Wildman–Crippen MR) is 82.8 cm³/mol. The highest BCUT2D eigenvalue weighted by Crippen LogP contribution is 2.22. The van der Waals surface area contributed by atoms with Crippen LogP contribution in [0.2, 0.25) is 5.02 Å². The van der Waals surface area contributed by atoms with Gasteiger partial charge in [-0.25, -0.2) is 4.79 Å². The summed E-state index contributed by atoms with van der Waals surface area (Å²) >= 11 is 5.81. The number of anilines is 1. The molecule has 0 saturated carbocycles. The third-order valence-corrected chi connectivity index (χ3v) is 4.31. The highest BCUT2D eigenvalue weighted by atomic mass is 35.5. The van der Waals surface area contributed by atoms with Crippen LogP contribution in [0.25, 0.3) is 0 Å². The normalized spacial score (nSPS) is 25.4. The second kappa shape index (κ2) is 6.64. The lowest BCUT2D eigenvalue weighted by molar-refractivity contribution is -0.0456. The van der Waals surface area contributed by atoms with E-state index in [0.29, 0.717) is 17.6 Å². The molecule has 2 aliphatic heterocycles. The van der Waals surface area contributed by atoms with Gasteiger partial charge in [0.05, 0.1) is 12.7 Å². The Bertz CT molecular complexity index is 494. The average molecular weight is 310 g/mol. The van der Waals surface area contributed by atoms with Crippen molar-refractivity contribution in [2.75, 3.05) is 31.6 Å². The molecular weight excluding hydrogens is 290 g/mol. The molecule has 2 aliphatic rings. The third-order valence-electron chi connectivity index (χ3n) is 4.05. The molecule has 2 fully saturated rings. The van der Waals surface area contributed by atoms with E-state index in [1.54, 1.807) is 24.3 Å². The van der Waals surface area contributed by atoms with Crippen LogP contribution in [0.15, 0.2) is 24.3 Å². The number of halogens is 1. The summed E-state index contributed by atoms with van der Waals surface area (Å²) in [7, 11) is 0. The van der Waals surface area contributed by atoms with Crippen LogP contribution in [0.1, 0.15) is 12.8 Å². The number of carbonyl (C=O) groups is 1. The summed E-state index contributed by atoms with van der Waals surface area (Å²) in [6, 6.07) is 7.40. The third kappa shape index (κ3) is 3.87. The Morgan fingerprint density at radius 3 is 3.00 bits per heavy atom. The van der Waals surface area contributed by atoms with Crippen LogP contribution in [0.3, 0.4) is 0 Å². The summed E-state index contributed by atoms with van der Waals surface area (Å²) in [6.07, 6.45) is 2.57. The molecule has 0 bridgehead atoms. The molecule has 1 aromatic carbocycles. The zero-order valence-electron chi connectivity index (χ0n) is 11.8. The van der Waals surface area contributed by atoms with E-state index in [2.05, 4.69) is 15.5 Å². The lowest BCUT2D eigenvalue weighted by Gasteiger charge is -2.35. The number of rotatable bonds is 3. The number of hydrogen-bond donors (Lipinski definition) is 2. The molecule has 114 valence electrons. The van der Waals surface area contributed by atoms with E-state index in [9.17, 15) is 4.79 Å². The fourth-order valence-electron chi connectivity index (χ4n) is 2.92. The maximum atomic E-state index is 11.8. The highest BCUT2D eigenvalue weighted by Gasteiger charge is 2.32. The number of nitrogens with zero attached hydrogens (tertiary/aromatic N) is 1. The number of urea groups is 1. The monoisotopic (exact) mass is 309 g/mol. The van der Waals surface area contributed by atoms with Crippen molar-refractivity contribution in [1.82, 2.24) is 10.2 Å². The van der Waals surface area contributed by atoms with Crippen LogP contribution in [-0.4, -0.2) is 49.3 Å². The highest BCUT2D eigenvalue weighted by molar-refractivity contribution is 6.30. The van der Waals surface area contributed by atoms with Gasteiger partial charge in [-0.05, 0) is 43.7 Å². The van der Waals surface area contributed by atoms with Crippen LogP contribution in [0.5, 0.6) is 0 Å². The summed E-state index contributed by atoms with van der Waals surface area (Å²) in [5.74, 6) is 0. The van der Waals surface area contributed by atoms with Crippen LogP contribution in [0.4, 0.5) is 10.5 Å². The van der Waals surface area contributed by atoms with Crippen molar-refractivity contribution < 1.29 is 9.53 Å². The van der Waals surface area contributed by atoms with Crippen molar-refractivity contribution in [1.29, 1.82) is 0 Å². The number of nitrogens with one attached hydrogen (secondary N) is 2. The van der Waals surface area contributed by atoms with Gasteiger partial charge in [0.2, 0.25) is 0 Å². The number of hydrogen-bond acceptors (Lipinski definition) is 3. The van der Waals surface area contributed by atoms with E-state index in [1.807, 2.05) is 0 Å². The molecule has 5 nitrogen and oxygen atoms in total. The summed E-state index contributed by atoms with van der Waals surface area (Å²) in [4.78, 5) is 14.3. The number of morpholine rings is 1. The molecule has 0 unspecified atom stereocenters. The van der Waals surface area contributed by atoms with Gasteiger partial charge in [-0.15, -0.1) is 0 Å². The molecule has 2 heterocycles. The van der Waals surface area contributed by atoms with Gasteiger partial charge in [0.1, 0.15) is 0 Å². The van der Waals surface area contributed by atoms with Crippen LogP contribution < -0.4 is 10.6 Å². The Labute approximate surface area is 129 Å².